The zero-order chi connectivity index (χ0) is 26.5. The Labute approximate surface area is 226 Å². The second-order valence-electron chi connectivity index (χ2n) is 7.91. The number of ether oxygens (including phenoxy) is 1. The van der Waals surface area contributed by atoms with Crippen LogP contribution in [-0.2, 0) is 5.75 Å². The van der Waals surface area contributed by atoms with E-state index in [-0.39, 0.29) is 11.3 Å². The van der Waals surface area contributed by atoms with Crippen molar-refractivity contribution in [1.29, 1.82) is 0 Å². The van der Waals surface area contributed by atoms with Gasteiger partial charge in [-0.05, 0) is 48.9 Å². The highest BCUT2D eigenvalue weighted by molar-refractivity contribution is 7.98. The molecule has 0 spiro atoms. The molecule has 4 aromatic rings. The van der Waals surface area contributed by atoms with E-state index >= 15 is 0 Å². The Morgan fingerprint density at radius 3 is 2.68 bits per heavy atom. The Morgan fingerprint density at radius 2 is 1.92 bits per heavy atom. The summed E-state index contributed by atoms with van der Waals surface area (Å²) in [6.07, 6.45) is 0. The number of non-ortho nitro benzene ring substituents is 1. The van der Waals surface area contributed by atoms with Gasteiger partial charge in [0.25, 0.3) is 11.6 Å². The number of hydrogen-bond donors (Lipinski definition) is 1. The lowest BCUT2D eigenvalue weighted by Crippen LogP contribution is -2.28. The molecule has 3 aromatic carbocycles. The highest BCUT2D eigenvalue weighted by Gasteiger charge is 2.24. The molecule has 190 valence electrons. The van der Waals surface area contributed by atoms with E-state index in [0.717, 1.165) is 11.3 Å². The normalized spacial score (nSPS) is 11.7. The number of amides is 1. The fourth-order valence-electron chi connectivity index (χ4n) is 3.55. The van der Waals surface area contributed by atoms with Gasteiger partial charge in [-0.15, -0.1) is 10.2 Å². The van der Waals surface area contributed by atoms with Gasteiger partial charge < -0.3 is 10.1 Å². The lowest BCUT2D eigenvalue weighted by atomic mass is 10.1. The Balaban J connectivity index is 1.66. The Morgan fingerprint density at radius 1 is 1.14 bits per heavy atom. The summed E-state index contributed by atoms with van der Waals surface area (Å²) in [6.45, 7) is 1.74. The minimum Gasteiger partial charge on any atom is -0.497 e. The standard InChI is InChI=1S/C25H21Cl2N5O4S/c1-15(28-24(33)17-6-4-7-19(12-17)32(34)35)23-29-30-25(31(23)22-13-18(26)9-10-21(22)27)37-14-16-5-3-8-20(11-16)36-2/h3-13,15H,14H2,1-2H3,(H,28,33). The van der Waals surface area contributed by atoms with E-state index in [2.05, 4.69) is 15.5 Å². The van der Waals surface area contributed by atoms with Gasteiger partial charge in [-0.25, -0.2) is 0 Å². The number of aromatic nitrogens is 3. The summed E-state index contributed by atoms with van der Waals surface area (Å²) >= 11 is 14.2. The first-order valence-corrected chi connectivity index (χ1v) is 12.7. The molecule has 1 aromatic heterocycles. The van der Waals surface area contributed by atoms with Gasteiger partial charge in [-0.3, -0.25) is 19.5 Å². The number of methoxy groups -OCH3 is 1. The van der Waals surface area contributed by atoms with E-state index in [0.29, 0.717) is 32.5 Å². The van der Waals surface area contributed by atoms with Crippen LogP contribution in [0.1, 0.15) is 34.7 Å². The molecular weight excluding hydrogens is 537 g/mol. The zero-order valence-electron chi connectivity index (χ0n) is 19.7. The van der Waals surface area contributed by atoms with Crippen LogP contribution in [0, 0.1) is 10.1 Å². The Kier molecular flexibility index (Phi) is 8.32. The summed E-state index contributed by atoms with van der Waals surface area (Å²) in [6, 6.07) is 17.6. The van der Waals surface area contributed by atoms with Gasteiger partial charge in [0.15, 0.2) is 11.0 Å². The number of rotatable bonds is 9. The maximum Gasteiger partial charge on any atom is 0.270 e. The molecule has 4 rings (SSSR count). The quantitative estimate of drug-likeness (QED) is 0.146. The first-order chi connectivity index (χ1) is 17.8. The third-order valence-electron chi connectivity index (χ3n) is 5.36. The number of hydrogen-bond acceptors (Lipinski definition) is 7. The second kappa shape index (κ2) is 11.6. The minimum atomic E-state index is -0.625. The first kappa shape index (κ1) is 26.5. The number of carbonyl (C=O) groups is 1. The molecule has 1 amide bonds. The van der Waals surface area contributed by atoms with E-state index in [4.69, 9.17) is 27.9 Å². The highest BCUT2D eigenvalue weighted by atomic mass is 35.5. The van der Waals surface area contributed by atoms with Crippen molar-refractivity contribution in [2.24, 2.45) is 0 Å². The van der Waals surface area contributed by atoms with Gasteiger partial charge in [0, 0.05) is 28.5 Å². The van der Waals surface area contributed by atoms with E-state index in [1.165, 1.54) is 36.0 Å². The van der Waals surface area contributed by atoms with Gasteiger partial charge in [0.05, 0.1) is 28.8 Å². The van der Waals surface area contributed by atoms with Crippen LogP contribution in [0.4, 0.5) is 5.69 Å². The van der Waals surface area contributed by atoms with E-state index in [9.17, 15) is 14.9 Å². The number of carbonyl (C=O) groups excluding carboxylic acids is 1. The Hall–Kier alpha value is -3.60. The lowest BCUT2D eigenvalue weighted by Gasteiger charge is -2.17. The van der Waals surface area contributed by atoms with Crippen LogP contribution in [0.3, 0.4) is 0 Å². The average Bonchev–Trinajstić information content (AvgIpc) is 3.33. The van der Waals surface area contributed by atoms with Crippen LogP contribution in [-0.4, -0.2) is 32.7 Å². The van der Waals surface area contributed by atoms with Crippen LogP contribution in [0.25, 0.3) is 5.69 Å². The van der Waals surface area contributed by atoms with Crippen molar-refractivity contribution < 1.29 is 14.5 Å². The SMILES string of the molecule is COc1cccc(CSc2nnc(C(C)NC(=O)c3cccc([N+](=O)[O-])c3)n2-c2cc(Cl)ccc2Cl)c1. The van der Waals surface area contributed by atoms with E-state index in [1.807, 2.05) is 24.3 Å². The minimum absolute atomic E-state index is 0.153. The van der Waals surface area contributed by atoms with E-state index in [1.54, 1.807) is 36.8 Å². The summed E-state index contributed by atoms with van der Waals surface area (Å²) < 4.78 is 7.05. The summed E-state index contributed by atoms with van der Waals surface area (Å²) in [5.41, 5.74) is 1.55. The summed E-state index contributed by atoms with van der Waals surface area (Å²) in [5, 5.41) is 24.1. The molecule has 9 nitrogen and oxygen atoms in total. The molecule has 0 aliphatic heterocycles. The molecule has 1 atom stereocenters. The Bertz CT molecular complexity index is 1460. The number of nitrogens with one attached hydrogen (secondary N) is 1. The molecule has 0 saturated heterocycles. The van der Waals surface area contributed by atoms with Crippen molar-refractivity contribution in [2.45, 2.75) is 23.9 Å². The van der Waals surface area contributed by atoms with Crippen molar-refractivity contribution in [1.82, 2.24) is 20.1 Å². The molecule has 1 unspecified atom stereocenters. The molecule has 0 fully saturated rings. The number of benzene rings is 3. The van der Waals surface area contributed by atoms with Gasteiger partial charge in [0.2, 0.25) is 0 Å². The van der Waals surface area contributed by atoms with Gasteiger partial charge in [-0.2, -0.15) is 0 Å². The van der Waals surface area contributed by atoms with Crippen molar-refractivity contribution in [3.8, 4) is 11.4 Å². The van der Waals surface area contributed by atoms with Crippen LogP contribution in [0.2, 0.25) is 10.0 Å². The molecular formula is C25H21Cl2N5O4S. The fourth-order valence-corrected chi connectivity index (χ4v) is 4.82. The summed E-state index contributed by atoms with van der Waals surface area (Å²) in [4.78, 5) is 23.4. The van der Waals surface area contributed by atoms with E-state index < -0.39 is 16.9 Å². The number of nitro benzene ring substituents is 1. The monoisotopic (exact) mass is 557 g/mol. The molecule has 12 heteroatoms. The van der Waals surface area contributed by atoms with Crippen molar-refractivity contribution in [2.75, 3.05) is 7.11 Å². The first-order valence-electron chi connectivity index (χ1n) is 11.0. The molecule has 37 heavy (non-hydrogen) atoms. The average molecular weight is 558 g/mol. The maximum absolute atomic E-state index is 12.9. The predicted molar refractivity (Wildman–Crippen MR) is 143 cm³/mol. The number of thioether (sulfide) groups is 1. The topological polar surface area (TPSA) is 112 Å². The lowest BCUT2D eigenvalue weighted by molar-refractivity contribution is -0.384. The highest BCUT2D eigenvalue weighted by Crippen LogP contribution is 2.33. The molecule has 0 aliphatic carbocycles. The maximum atomic E-state index is 12.9. The van der Waals surface area contributed by atoms with Crippen molar-refractivity contribution >= 4 is 46.6 Å². The van der Waals surface area contributed by atoms with Crippen LogP contribution < -0.4 is 10.1 Å². The molecule has 0 bridgehead atoms. The van der Waals surface area contributed by atoms with Crippen molar-refractivity contribution in [3.05, 3.63) is 104 Å². The summed E-state index contributed by atoms with van der Waals surface area (Å²) in [7, 11) is 1.61. The molecule has 0 saturated carbocycles. The molecule has 0 radical (unpaired) electrons. The largest absolute Gasteiger partial charge is 0.497 e. The number of halogens is 2. The van der Waals surface area contributed by atoms with Crippen LogP contribution in [0.15, 0.2) is 71.9 Å². The molecule has 0 aliphatic rings. The third-order valence-corrected chi connectivity index (χ3v) is 6.92. The van der Waals surface area contributed by atoms with Gasteiger partial charge >= 0.3 is 0 Å². The van der Waals surface area contributed by atoms with Crippen molar-refractivity contribution in [3.63, 3.8) is 0 Å². The van der Waals surface area contributed by atoms with Gasteiger partial charge in [0.1, 0.15) is 5.75 Å². The predicted octanol–water partition coefficient (Wildman–Crippen LogP) is 6.27. The van der Waals surface area contributed by atoms with Crippen LogP contribution >= 0.6 is 35.0 Å². The number of nitro groups is 1. The zero-order valence-corrected chi connectivity index (χ0v) is 22.0. The number of nitrogens with zero attached hydrogens (tertiary/aromatic N) is 4. The fraction of sp³-hybridized carbons (Fsp3) is 0.160. The van der Waals surface area contributed by atoms with Gasteiger partial charge in [-0.1, -0.05) is 53.2 Å². The molecule has 1 heterocycles. The molecule has 1 N–H and O–H groups in total. The van der Waals surface area contributed by atoms with Crippen LogP contribution in [0.5, 0.6) is 5.75 Å². The summed E-state index contributed by atoms with van der Waals surface area (Å²) in [5.74, 6) is 1.24. The second-order valence-corrected chi connectivity index (χ2v) is 9.70. The smallest absolute Gasteiger partial charge is 0.270 e. The third kappa shape index (κ3) is 6.22.